The number of hydrogen-bond acceptors (Lipinski definition) is 1. The van der Waals surface area contributed by atoms with Gasteiger partial charge < -0.3 is 11.9 Å². The van der Waals surface area contributed by atoms with E-state index >= 15 is 0 Å². The first kappa shape index (κ1) is 15.3. The Hall–Kier alpha value is -1.79. The average Bonchev–Trinajstić information content (AvgIpc) is 2.48. The second kappa shape index (κ2) is 10.2. The van der Waals surface area contributed by atoms with Gasteiger partial charge in [0.1, 0.15) is 0 Å². The van der Waals surface area contributed by atoms with Crippen molar-refractivity contribution in [3.8, 4) is 0 Å². The van der Waals surface area contributed by atoms with Gasteiger partial charge in [0.2, 0.25) is 0 Å². The van der Waals surface area contributed by atoms with Gasteiger partial charge in [0.15, 0.2) is 0 Å². The summed E-state index contributed by atoms with van der Waals surface area (Å²) in [6.07, 6.45) is 3.36. The number of rotatable bonds is 4. The molecule has 3 heteroatoms. The molecule has 0 saturated carbocycles. The Morgan fingerprint density at radius 2 is 1.53 bits per heavy atom. The average molecular weight is 420 g/mol. The fourth-order valence-electron chi connectivity index (χ4n) is 1.30. The summed E-state index contributed by atoms with van der Waals surface area (Å²) in [6.45, 7) is 5.12. The van der Waals surface area contributed by atoms with E-state index in [0.717, 1.165) is 11.4 Å². The molecule has 0 aromatic heterocycles. The van der Waals surface area contributed by atoms with E-state index in [2.05, 4.69) is 10.3 Å². The van der Waals surface area contributed by atoms with Crippen molar-refractivity contribution in [2.75, 3.05) is 5.32 Å². The molecule has 0 aliphatic heterocycles. The zero-order valence-corrected chi connectivity index (χ0v) is 13.4. The van der Waals surface area contributed by atoms with Crippen LogP contribution in [0.3, 0.4) is 0 Å². The van der Waals surface area contributed by atoms with E-state index < -0.39 is 0 Å². The normalized spacial score (nSPS) is 9.26. The molecule has 2 nitrogen and oxygen atoms in total. The van der Waals surface area contributed by atoms with Crippen molar-refractivity contribution < 1.29 is 24.3 Å². The summed E-state index contributed by atoms with van der Waals surface area (Å²) in [5.74, 6) is 0. The molecule has 0 spiro atoms. The van der Waals surface area contributed by atoms with Crippen molar-refractivity contribution in [3.05, 3.63) is 73.4 Å². The molecule has 2 aromatic carbocycles. The summed E-state index contributed by atoms with van der Waals surface area (Å²) in [5.41, 5.74) is 2.15. The summed E-state index contributed by atoms with van der Waals surface area (Å²) in [7, 11) is 0. The predicted molar refractivity (Wildman–Crippen MR) is 78.1 cm³/mol. The molecule has 0 saturated heterocycles. The molecular weight excluding hydrogens is 404 g/mol. The van der Waals surface area contributed by atoms with Crippen LogP contribution in [0.4, 0.5) is 11.4 Å². The van der Waals surface area contributed by atoms with E-state index in [4.69, 9.17) is 6.58 Å². The van der Waals surface area contributed by atoms with Gasteiger partial charge in [-0.15, -0.1) is 0 Å². The predicted octanol–water partition coefficient (Wildman–Crippen LogP) is 1.86. The van der Waals surface area contributed by atoms with E-state index in [0.29, 0.717) is 0 Å². The molecular formula is C16H16N2W. The van der Waals surface area contributed by atoms with Crippen LogP contribution in [0.15, 0.2) is 66.9 Å². The maximum absolute atomic E-state index is 5.12. The van der Waals surface area contributed by atoms with Gasteiger partial charge in [-0.25, -0.2) is 0 Å². The number of benzene rings is 2. The molecule has 0 radical (unpaired) electrons. The van der Waals surface area contributed by atoms with Crippen LogP contribution in [0.5, 0.6) is 0 Å². The Balaban J connectivity index is 0.000000191. The van der Waals surface area contributed by atoms with Crippen LogP contribution in [-0.2, 0) is 19.4 Å². The molecule has 96 valence electrons. The first-order valence-corrected chi connectivity index (χ1v) is 7.49. The Morgan fingerprint density at radius 1 is 0.947 bits per heavy atom. The van der Waals surface area contributed by atoms with Crippen LogP contribution in [0.2, 0.25) is 0 Å². The minimum atomic E-state index is 1.01. The molecule has 0 bridgehead atoms. The van der Waals surface area contributed by atoms with Gasteiger partial charge in [0.05, 0.1) is 0 Å². The molecule has 0 unspecified atom stereocenters. The van der Waals surface area contributed by atoms with Gasteiger partial charge in [-0.1, -0.05) is 18.2 Å². The van der Waals surface area contributed by atoms with Gasteiger partial charge in [0, 0.05) is 5.69 Å². The van der Waals surface area contributed by atoms with Crippen LogP contribution in [0, 0.1) is 6.58 Å². The van der Waals surface area contributed by atoms with Crippen molar-refractivity contribution in [2.24, 2.45) is 0 Å². The SMILES string of the molecule is [CH-]=CNc1ccccc1.[W]=[CH]C=[NH+]c1ccccc1. The number of para-hydroxylation sites is 2. The second-order valence-electron chi connectivity index (χ2n) is 3.49. The second-order valence-corrected chi connectivity index (χ2v) is 4.47. The molecule has 0 heterocycles. The Morgan fingerprint density at radius 3 is 2.05 bits per heavy atom. The summed E-state index contributed by atoms with van der Waals surface area (Å²) in [6, 6.07) is 19.9. The van der Waals surface area contributed by atoms with E-state index in [1.165, 1.54) is 25.6 Å². The first-order valence-electron chi connectivity index (χ1n) is 5.80. The molecule has 19 heavy (non-hydrogen) atoms. The van der Waals surface area contributed by atoms with E-state index in [9.17, 15) is 0 Å². The van der Waals surface area contributed by atoms with Crippen LogP contribution < -0.4 is 10.3 Å². The molecule has 2 N–H and O–H groups in total. The standard InChI is InChI=1S/C8H8N.C8H7N.W/c2*1-2-9-8-6-4-3-5-7-8;/h1-7,9H;1-7H;/q-1;;/p+1. The summed E-state index contributed by atoms with van der Waals surface area (Å²) < 4.78 is 2.05. The van der Waals surface area contributed by atoms with Gasteiger partial charge >= 0.3 is 71.0 Å². The summed E-state index contributed by atoms with van der Waals surface area (Å²) >= 11 is 1.46. The molecule has 0 fully saturated rings. The molecule has 0 aliphatic rings. The van der Waals surface area contributed by atoms with Crippen molar-refractivity contribution in [1.29, 1.82) is 0 Å². The van der Waals surface area contributed by atoms with E-state index in [1.54, 1.807) is 0 Å². The first-order chi connectivity index (χ1) is 9.36. The van der Waals surface area contributed by atoms with Crippen molar-refractivity contribution in [2.45, 2.75) is 0 Å². The van der Waals surface area contributed by atoms with Crippen LogP contribution in [0.1, 0.15) is 0 Å². The molecule has 2 aromatic rings. The van der Waals surface area contributed by atoms with E-state index in [-0.39, 0.29) is 0 Å². The fourth-order valence-corrected chi connectivity index (χ4v) is 1.54. The van der Waals surface area contributed by atoms with Gasteiger partial charge in [-0.2, -0.15) is 6.20 Å². The zero-order valence-electron chi connectivity index (χ0n) is 10.5. The third-order valence-corrected chi connectivity index (χ3v) is 2.60. The summed E-state index contributed by atoms with van der Waals surface area (Å²) in [4.78, 5) is 3.13. The quantitative estimate of drug-likeness (QED) is 0.574. The Labute approximate surface area is 125 Å². The van der Waals surface area contributed by atoms with Crippen LogP contribution in [-0.4, -0.2) is 10.6 Å². The molecule has 0 amide bonds. The number of nitrogens with one attached hydrogen (secondary N) is 2. The molecule has 0 atom stereocenters. The zero-order chi connectivity index (χ0) is 13.8. The van der Waals surface area contributed by atoms with Gasteiger partial charge in [-0.05, 0) is 12.1 Å². The maximum atomic E-state index is 5.12. The van der Waals surface area contributed by atoms with Gasteiger partial charge in [-0.3, -0.25) is 0 Å². The van der Waals surface area contributed by atoms with Crippen molar-refractivity contribution in [3.63, 3.8) is 0 Å². The van der Waals surface area contributed by atoms with Crippen LogP contribution in [0.25, 0.3) is 0 Å². The number of anilines is 1. The van der Waals surface area contributed by atoms with E-state index in [1.807, 2.05) is 71.3 Å². The summed E-state index contributed by atoms with van der Waals surface area (Å²) in [5, 5.41) is 2.86. The monoisotopic (exact) mass is 420 g/mol. The Bertz CT molecular complexity index is 507. The topological polar surface area (TPSA) is 26.0 Å². The van der Waals surface area contributed by atoms with Crippen molar-refractivity contribution >= 4 is 22.0 Å². The van der Waals surface area contributed by atoms with Gasteiger partial charge in [0.25, 0.3) is 0 Å². The number of hydrogen-bond donors (Lipinski definition) is 2. The molecule has 2 rings (SSSR count). The molecule has 0 aliphatic carbocycles. The minimum absolute atomic E-state index is 1.01. The van der Waals surface area contributed by atoms with Crippen molar-refractivity contribution in [1.82, 2.24) is 0 Å². The Kier molecular flexibility index (Phi) is 8.16. The van der Waals surface area contributed by atoms with Crippen LogP contribution >= 0.6 is 0 Å². The fraction of sp³-hybridized carbons (Fsp3) is 0. The third kappa shape index (κ3) is 7.27. The third-order valence-electron chi connectivity index (χ3n) is 2.12.